The molecule has 0 spiro atoms. The zero-order valence-corrected chi connectivity index (χ0v) is 7.29. The van der Waals surface area contributed by atoms with E-state index in [0.29, 0.717) is 13.1 Å². The van der Waals surface area contributed by atoms with Crippen molar-refractivity contribution in [2.45, 2.75) is 0 Å². The van der Waals surface area contributed by atoms with Gasteiger partial charge in [0, 0.05) is 25.6 Å². The van der Waals surface area contributed by atoms with E-state index in [1.165, 1.54) is 4.31 Å². The smallest absolute Gasteiger partial charge is 0.227 e. The summed E-state index contributed by atoms with van der Waals surface area (Å²) in [7, 11) is -3.36. The molecule has 1 fully saturated rings. The molecule has 1 heterocycles. The van der Waals surface area contributed by atoms with Gasteiger partial charge in [0.25, 0.3) is 0 Å². The molecule has 1 saturated heterocycles. The van der Waals surface area contributed by atoms with E-state index in [2.05, 4.69) is 0 Å². The summed E-state index contributed by atoms with van der Waals surface area (Å²) in [6.07, 6.45) is 0. The number of nitriles is 1. The van der Waals surface area contributed by atoms with Crippen molar-refractivity contribution in [2.75, 3.05) is 25.4 Å². The molecule has 1 aliphatic heterocycles. The number of aliphatic hydroxyl groups is 1. The molecule has 0 bridgehead atoms. The molecule has 0 saturated carbocycles. The van der Waals surface area contributed by atoms with Crippen molar-refractivity contribution in [1.82, 2.24) is 4.31 Å². The third-order valence-electron chi connectivity index (χ3n) is 1.82. The molecule has 68 valence electrons. The number of hydrogen-bond donors (Lipinski definition) is 1. The first-order valence-electron chi connectivity index (χ1n) is 3.56. The Kier molecular flexibility index (Phi) is 2.67. The van der Waals surface area contributed by atoms with Crippen LogP contribution in [-0.2, 0) is 10.0 Å². The van der Waals surface area contributed by atoms with Gasteiger partial charge >= 0.3 is 0 Å². The van der Waals surface area contributed by atoms with E-state index in [0.717, 1.165) is 0 Å². The minimum Gasteiger partial charge on any atom is -0.396 e. The predicted octanol–water partition coefficient (Wildman–Crippen LogP) is -1.24. The van der Waals surface area contributed by atoms with Crippen LogP contribution < -0.4 is 0 Å². The third-order valence-corrected chi connectivity index (χ3v) is 3.40. The molecule has 0 aromatic rings. The highest BCUT2D eigenvalue weighted by atomic mass is 32.2. The van der Waals surface area contributed by atoms with Gasteiger partial charge in [0.15, 0.2) is 5.75 Å². The Hall–Kier alpha value is -0.640. The second-order valence-corrected chi connectivity index (χ2v) is 4.75. The summed E-state index contributed by atoms with van der Waals surface area (Å²) >= 11 is 0. The molecule has 1 N–H and O–H groups in total. The van der Waals surface area contributed by atoms with Crippen molar-refractivity contribution in [3.63, 3.8) is 0 Å². The first kappa shape index (κ1) is 9.45. The quantitative estimate of drug-likeness (QED) is 0.603. The van der Waals surface area contributed by atoms with Crippen LogP contribution in [0.1, 0.15) is 0 Å². The summed E-state index contributed by atoms with van der Waals surface area (Å²) in [6, 6.07) is 1.60. The minimum atomic E-state index is -3.36. The lowest BCUT2D eigenvalue weighted by Crippen LogP contribution is -2.51. The Bertz CT molecular complexity index is 286. The SMILES string of the molecule is N#CCS(=O)(=O)N1CC(CO)C1. The zero-order chi connectivity index (χ0) is 9.19. The van der Waals surface area contributed by atoms with Gasteiger partial charge in [0.1, 0.15) is 0 Å². The molecule has 1 rings (SSSR count). The fraction of sp³-hybridized carbons (Fsp3) is 0.833. The van der Waals surface area contributed by atoms with E-state index < -0.39 is 15.8 Å². The summed E-state index contributed by atoms with van der Waals surface area (Å²) in [5, 5.41) is 16.8. The van der Waals surface area contributed by atoms with Gasteiger partial charge in [-0.05, 0) is 0 Å². The second-order valence-electron chi connectivity index (χ2n) is 2.78. The number of hydrogen-bond acceptors (Lipinski definition) is 4. The first-order valence-corrected chi connectivity index (χ1v) is 5.16. The maximum Gasteiger partial charge on any atom is 0.227 e. The van der Waals surface area contributed by atoms with Crippen molar-refractivity contribution in [3.05, 3.63) is 0 Å². The molecule has 0 aromatic heterocycles. The first-order chi connectivity index (χ1) is 5.60. The summed E-state index contributed by atoms with van der Waals surface area (Å²) in [4.78, 5) is 0. The van der Waals surface area contributed by atoms with Gasteiger partial charge in [-0.2, -0.15) is 5.26 Å². The Balaban J connectivity index is 2.48. The third kappa shape index (κ3) is 1.75. The number of aliphatic hydroxyl groups excluding tert-OH is 1. The van der Waals surface area contributed by atoms with Crippen LogP contribution in [0.15, 0.2) is 0 Å². The summed E-state index contributed by atoms with van der Waals surface area (Å²) in [5.41, 5.74) is 0. The fourth-order valence-electron chi connectivity index (χ4n) is 1.04. The molecule has 6 heteroatoms. The molecule has 0 amide bonds. The van der Waals surface area contributed by atoms with Crippen molar-refractivity contribution in [2.24, 2.45) is 5.92 Å². The Morgan fingerprint density at radius 1 is 1.58 bits per heavy atom. The van der Waals surface area contributed by atoms with Crippen LogP contribution in [0.3, 0.4) is 0 Å². The van der Waals surface area contributed by atoms with Crippen LogP contribution >= 0.6 is 0 Å². The van der Waals surface area contributed by atoms with Crippen LogP contribution in [0.25, 0.3) is 0 Å². The molecule has 0 aliphatic carbocycles. The van der Waals surface area contributed by atoms with Gasteiger partial charge in [-0.1, -0.05) is 0 Å². The van der Waals surface area contributed by atoms with E-state index in [-0.39, 0.29) is 12.5 Å². The Morgan fingerprint density at radius 2 is 2.17 bits per heavy atom. The Labute approximate surface area is 71.3 Å². The fourth-order valence-corrected chi connectivity index (χ4v) is 2.26. The molecule has 5 nitrogen and oxygen atoms in total. The lowest BCUT2D eigenvalue weighted by molar-refractivity contribution is 0.117. The van der Waals surface area contributed by atoms with Gasteiger partial charge in [-0.15, -0.1) is 0 Å². The normalized spacial score (nSPS) is 20.0. The van der Waals surface area contributed by atoms with E-state index in [1.807, 2.05) is 0 Å². The molecule has 0 atom stereocenters. The molecule has 0 unspecified atom stereocenters. The van der Waals surface area contributed by atoms with Crippen molar-refractivity contribution >= 4 is 10.0 Å². The molecular formula is C6H10N2O3S. The lowest BCUT2D eigenvalue weighted by atomic mass is 10.1. The van der Waals surface area contributed by atoms with Gasteiger partial charge < -0.3 is 5.11 Å². The molecular weight excluding hydrogens is 180 g/mol. The molecule has 0 radical (unpaired) electrons. The van der Waals surface area contributed by atoms with Crippen LogP contribution in [0.2, 0.25) is 0 Å². The highest BCUT2D eigenvalue weighted by Crippen LogP contribution is 2.18. The zero-order valence-electron chi connectivity index (χ0n) is 6.47. The highest BCUT2D eigenvalue weighted by Gasteiger charge is 2.34. The van der Waals surface area contributed by atoms with E-state index in [4.69, 9.17) is 10.4 Å². The summed E-state index contributed by atoms with van der Waals surface area (Å²) in [5.74, 6) is -0.413. The van der Waals surface area contributed by atoms with Crippen LogP contribution in [0.4, 0.5) is 0 Å². The van der Waals surface area contributed by atoms with Gasteiger partial charge in [-0.3, -0.25) is 0 Å². The van der Waals surface area contributed by atoms with E-state index >= 15 is 0 Å². The monoisotopic (exact) mass is 190 g/mol. The maximum atomic E-state index is 11.1. The van der Waals surface area contributed by atoms with Gasteiger partial charge in [0.05, 0.1) is 6.07 Å². The van der Waals surface area contributed by atoms with Gasteiger partial charge in [-0.25, -0.2) is 12.7 Å². The summed E-state index contributed by atoms with van der Waals surface area (Å²) in [6.45, 7) is 0.708. The predicted molar refractivity (Wildman–Crippen MR) is 41.5 cm³/mol. The topological polar surface area (TPSA) is 81.4 Å². The van der Waals surface area contributed by atoms with Crippen molar-refractivity contribution in [1.29, 1.82) is 5.26 Å². The van der Waals surface area contributed by atoms with E-state index in [1.54, 1.807) is 6.07 Å². The maximum absolute atomic E-state index is 11.1. The van der Waals surface area contributed by atoms with E-state index in [9.17, 15) is 8.42 Å². The highest BCUT2D eigenvalue weighted by molar-refractivity contribution is 7.89. The summed E-state index contributed by atoms with van der Waals surface area (Å²) < 4.78 is 23.4. The number of rotatable bonds is 3. The average molecular weight is 190 g/mol. The molecule has 0 aromatic carbocycles. The van der Waals surface area contributed by atoms with Crippen LogP contribution in [0.5, 0.6) is 0 Å². The second kappa shape index (κ2) is 3.39. The Morgan fingerprint density at radius 3 is 2.58 bits per heavy atom. The van der Waals surface area contributed by atoms with Crippen molar-refractivity contribution < 1.29 is 13.5 Å². The van der Waals surface area contributed by atoms with Crippen LogP contribution in [0, 0.1) is 17.2 Å². The number of nitrogens with zero attached hydrogens (tertiary/aromatic N) is 2. The standard InChI is InChI=1S/C6H10N2O3S/c7-1-2-12(10,11)8-3-6(4-8)5-9/h6,9H,2-5H2. The molecule has 1 aliphatic rings. The lowest BCUT2D eigenvalue weighted by Gasteiger charge is -2.36. The number of sulfonamides is 1. The van der Waals surface area contributed by atoms with Crippen molar-refractivity contribution in [3.8, 4) is 6.07 Å². The molecule has 12 heavy (non-hydrogen) atoms. The van der Waals surface area contributed by atoms with Crippen LogP contribution in [-0.4, -0.2) is 43.3 Å². The van der Waals surface area contributed by atoms with Gasteiger partial charge in [0.2, 0.25) is 10.0 Å². The minimum absolute atomic E-state index is 0.0125. The largest absolute Gasteiger partial charge is 0.396 e. The average Bonchev–Trinajstić information content (AvgIpc) is 1.83.